The topological polar surface area (TPSA) is 118 Å². The van der Waals surface area contributed by atoms with Gasteiger partial charge in [-0.1, -0.05) is 66.7 Å². The lowest BCUT2D eigenvalue weighted by atomic mass is 9.79. The standard InChI is InChI=1S/C33H37N3O5S/c1-33(2,32(38)39)30(23-12-8-5-9-13-23)34-31(37)24-14-17-26(18-15-24)35-42(40,41)27-19-16-25-20-28(36(3)29(25)21-27)22-10-6-4-7-11-22/h4-13,16,19-21,24,26,30,35H,14-15,17-18H2,1-3H3,(H,34,37)(H,38,39)/t24?,26?,30-/m0/s1. The van der Waals surface area contributed by atoms with Gasteiger partial charge in [0.15, 0.2) is 0 Å². The molecule has 9 heteroatoms. The number of aliphatic carboxylic acids is 1. The van der Waals surface area contributed by atoms with Crippen LogP contribution in [0, 0.1) is 11.3 Å². The molecule has 1 atom stereocenters. The number of hydrogen-bond acceptors (Lipinski definition) is 4. The smallest absolute Gasteiger partial charge is 0.311 e. The Balaban J connectivity index is 1.25. The third kappa shape index (κ3) is 5.98. The zero-order valence-electron chi connectivity index (χ0n) is 24.1. The van der Waals surface area contributed by atoms with Gasteiger partial charge in [0, 0.05) is 35.6 Å². The van der Waals surface area contributed by atoms with Crippen molar-refractivity contribution in [1.82, 2.24) is 14.6 Å². The van der Waals surface area contributed by atoms with Crippen LogP contribution in [0.15, 0.2) is 89.8 Å². The van der Waals surface area contributed by atoms with Crippen molar-refractivity contribution in [3.63, 3.8) is 0 Å². The minimum Gasteiger partial charge on any atom is -0.481 e. The highest BCUT2D eigenvalue weighted by Crippen LogP contribution is 2.35. The zero-order valence-corrected chi connectivity index (χ0v) is 24.9. The molecule has 5 rings (SSSR count). The molecule has 1 amide bonds. The first kappa shape index (κ1) is 29.5. The van der Waals surface area contributed by atoms with E-state index in [-0.39, 0.29) is 22.8 Å². The van der Waals surface area contributed by atoms with Crippen LogP contribution in [-0.4, -0.2) is 36.0 Å². The largest absolute Gasteiger partial charge is 0.481 e. The van der Waals surface area contributed by atoms with E-state index < -0.39 is 27.4 Å². The van der Waals surface area contributed by atoms with E-state index in [4.69, 9.17) is 0 Å². The van der Waals surface area contributed by atoms with Crippen molar-refractivity contribution in [3.8, 4) is 11.3 Å². The van der Waals surface area contributed by atoms with Gasteiger partial charge in [0.25, 0.3) is 0 Å². The van der Waals surface area contributed by atoms with Crippen molar-refractivity contribution in [3.05, 3.63) is 90.5 Å². The number of nitrogens with zero attached hydrogens (tertiary/aromatic N) is 1. The summed E-state index contributed by atoms with van der Waals surface area (Å²) in [6.07, 6.45) is 2.04. The number of carbonyl (C=O) groups excluding carboxylic acids is 1. The van der Waals surface area contributed by atoms with Gasteiger partial charge in [-0.2, -0.15) is 0 Å². The molecule has 42 heavy (non-hydrogen) atoms. The summed E-state index contributed by atoms with van der Waals surface area (Å²) in [5.74, 6) is -1.53. The summed E-state index contributed by atoms with van der Waals surface area (Å²) in [4.78, 5) is 25.5. The summed E-state index contributed by atoms with van der Waals surface area (Å²) in [7, 11) is -1.84. The number of aryl methyl sites for hydroxylation is 1. The highest BCUT2D eigenvalue weighted by Gasteiger charge is 2.40. The van der Waals surface area contributed by atoms with Gasteiger partial charge < -0.3 is 15.0 Å². The van der Waals surface area contributed by atoms with Crippen molar-refractivity contribution in [2.45, 2.75) is 56.5 Å². The molecule has 1 aliphatic rings. The molecule has 1 heterocycles. The Bertz CT molecular complexity index is 1690. The molecule has 4 aromatic rings. The van der Waals surface area contributed by atoms with E-state index in [1.165, 1.54) is 0 Å². The van der Waals surface area contributed by atoms with Gasteiger partial charge in [0.05, 0.1) is 16.4 Å². The summed E-state index contributed by atoms with van der Waals surface area (Å²) in [5.41, 5.74) is 2.40. The summed E-state index contributed by atoms with van der Waals surface area (Å²) in [6.45, 7) is 3.21. The number of amides is 1. The van der Waals surface area contributed by atoms with Gasteiger partial charge in [0.2, 0.25) is 15.9 Å². The lowest BCUT2D eigenvalue weighted by molar-refractivity contribution is -0.149. The number of carboxylic acid groups (broad SMARTS) is 1. The van der Waals surface area contributed by atoms with Crippen LogP contribution in [0.5, 0.6) is 0 Å². The molecular formula is C33H37N3O5S. The van der Waals surface area contributed by atoms with Gasteiger partial charge in [-0.25, -0.2) is 13.1 Å². The van der Waals surface area contributed by atoms with Crippen molar-refractivity contribution in [1.29, 1.82) is 0 Å². The van der Waals surface area contributed by atoms with E-state index >= 15 is 0 Å². The molecule has 8 nitrogen and oxygen atoms in total. The van der Waals surface area contributed by atoms with Crippen molar-refractivity contribution in [2.75, 3.05) is 0 Å². The Hall–Kier alpha value is -3.95. The molecule has 1 fully saturated rings. The lowest BCUT2D eigenvalue weighted by Crippen LogP contribution is -2.46. The Kier molecular flexibility index (Phi) is 8.25. The number of benzene rings is 3. The number of nitrogens with one attached hydrogen (secondary N) is 2. The van der Waals surface area contributed by atoms with Crippen LogP contribution in [0.4, 0.5) is 0 Å². The van der Waals surface area contributed by atoms with E-state index in [1.807, 2.05) is 78.3 Å². The fourth-order valence-corrected chi connectivity index (χ4v) is 7.16. The van der Waals surface area contributed by atoms with Gasteiger partial charge in [0.1, 0.15) is 0 Å². The second-order valence-electron chi connectivity index (χ2n) is 11.7. The van der Waals surface area contributed by atoms with Gasteiger partial charge in [-0.05, 0) is 68.9 Å². The number of fused-ring (bicyclic) bond motifs is 1. The Labute approximate surface area is 246 Å². The average molecular weight is 588 g/mol. The highest BCUT2D eigenvalue weighted by atomic mass is 32.2. The number of carbonyl (C=O) groups is 2. The fraction of sp³-hybridized carbons (Fsp3) is 0.333. The van der Waals surface area contributed by atoms with E-state index in [0.717, 1.165) is 27.7 Å². The van der Waals surface area contributed by atoms with Gasteiger partial charge in [-0.3, -0.25) is 9.59 Å². The van der Waals surface area contributed by atoms with Crippen LogP contribution in [0.2, 0.25) is 0 Å². The molecule has 1 aromatic heterocycles. The van der Waals surface area contributed by atoms with E-state index in [2.05, 4.69) is 16.1 Å². The highest BCUT2D eigenvalue weighted by molar-refractivity contribution is 7.89. The minimum atomic E-state index is -3.77. The maximum Gasteiger partial charge on any atom is 0.311 e. The normalized spacial score (nSPS) is 18.5. The third-order valence-corrected chi connectivity index (χ3v) is 10.0. The Morgan fingerprint density at radius 1 is 0.905 bits per heavy atom. The molecule has 3 aromatic carbocycles. The Morgan fingerprint density at radius 3 is 2.14 bits per heavy atom. The Morgan fingerprint density at radius 2 is 1.52 bits per heavy atom. The first-order chi connectivity index (χ1) is 20.0. The SMILES string of the molecule is Cn1c(-c2ccccc2)cc2ccc(S(=O)(=O)NC3CCC(C(=O)N[C@@H](c4ccccc4)C(C)(C)C(=O)O)CC3)cc21. The van der Waals surface area contributed by atoms with Crippen molar-refractivity contribution >= 4 is 32.8 Å². The average Bonchev–Trinajstić information content (AvgIpc) is 3.32. The molecule has 0 spiro atoms. The van der Waals surface area contributed by atoms with E-state index in [0.29, 0.717) is 25.7 Å². The van der Waals surface area contributed by atoms with Crippen LogP contribution in [-0.2, 0) is 26.7 Å². The molecule has 0 saturated heterocycles. The number of hydrogen-bond donors (Lipinski definition) is 3. The molecule has 0 unspecified atom stereocenters. The van der Waals surface area contributed by atoms with Crippen molar-refractivity contribution < 1.29 is 23.1 Å². The number of rotatable bonds is 9. The van der Waals surface area contributed by atoms with E-state index in [9.17, 15) is 23.1 Å². The monoisotopic (exact) mass is 587 g/mol. The molecule has 3 N–H and O–H groups in total. The molecule has 0 bridgehead atoms. The summed E-state index contributed by atoms with van der Waals surface area (Å²) in [6, 6.07) is 25.3. The molecule has 0 radical (unpaired) electrons. The quantitative estimate of drug-likeness (QED) is 0.234. The number of sulfonamides is 1. The maximum absolute atomic E-state index is 13.4. The molecule has 1 saturated carbocycles. The molecular weight excluding hydrogens is 550 g/mol. The van der Waals surface area contributed by atoms with Crippen LogP contribution < -0.4 is 10.0 Å². The summed E-state index contributed by atoms with van der Waals surface area (Å²) in [5, 5.41) is 13.8. The first-order valence-electron chi connectivity index (χ1n) is 14.2. The van der Waals surface area contributed by atoms with Crippen LogP contribution in [0.25, 0.3) is 22.2 Å². The predicted octanol–water partition coefficient (Wildman–Crippen LogP) is 5.65. The molecule has 1 aliphatic carbocycles. The predicted molar refractivity (Wildman–Crippen MR) is 163 cm³/mol. The van der Waals surface area contributed by atoms with E-state index in [1.54, 1.807) is 26.0 Å². The summed E-state index contributed by atoms with van der Waals surface area (Å²) >= 11 is 0. The minimum absolute atomic E-state index is 0.206. The number of aromatic nitrogens is 1. The van der Waals surface area contributed by atoms with Crippen LogP contribution in [0.1, 0.15) is 51.1 Å². The zero-order chi connectivity index (χ0) is 30.1. The third-order valence-electron chi connectivity index (χ3n) is 8.51. The van der Waals surface area contributed by atoms with Gasteiger partial charge >= 0.3 is 5.97 Å². The maximum atomic E-state index is 13.4. The lowest BCUT2D eigenvalue weighted by Gasteiger charge is -2.34. The summed E-state index contributed by atoms with van der Waals surface area (Å²) < 4.78 is 31.6. The van der Waals surface area contributed by atoms with Crippen molar-refractivity contribution in [2.24, 2.45) is 18.4 Å². The molecule has 0 aliphatic heterocycles. The number of carboxylic acids is 1. The van der Waals surface area contributed by atoms with Gasteiger partial charge in [-0.15, -0.1) is 0 Å². The van der Waals surface area contributed by atoms with Crippen LogP contribution >= 0.6 is 0 Å². The molecule has 220 valence electrons. The fourth-order valence-electron chi connectivity index (χ4n) is 5.83. The van der Waals surface area contributed by atoms with Crippen LogP contribution in [0.3, 0.4) is 0 Å². The second kappa shape index (κ2) is 11.7. The first-order valence-corrected chi connectivity index (χ1v) is 15.7. The second-order valence-corrected chi connectivity index (χ2v) is 13.4.